The van der Waals surface area contributed by atoms with Crippen LogP contribution in [0.4, 0.5) is 10.1 Å². The molecule has 162 valence electrons. The number of benzene rings is 3. The van der Waals surface area contributed by atoms with E-state index in [1.54, 1.807) is 24.1 Å². The minimum atomic E-state index is -0.271. The molecule has 0 saturated carbocycles. The van der Waals surface area contributed by atoms with Crippen LogP contribution in [-0.2, 0) is 11.4 Å². The Bertz CT molecular complexity index is 1190. The maximum atomic E-state index is 13.1. The first-order chi connectivity index (χ1) is 15.3. The minimum Gasteiger partial charge on any atom is -0.487 e. The van der Waals surface area contributed by atoms with Crippen molar-refractivity contribution in [3.8, 4) is 5.75 Å². The van der Waals surface area contributed by atoms with Crippen molar-refractivity contribution in [2.45, 2.75) is 6.61 Å². The zero-order chi connectivity index (χ0) is 22.8. The summed E-state index contributed by atoms with van der Waals surface area (Å²) in [6.45, 7) is 0.342. The monoisotopic (exact) mass is 670 g/mol. The fourth-order valence-electron chi connectivity index (χ4n) is 3.26. The smallest absolute Gasteiger partial charge is 0.281 e. The molecule has 8 heteroatoms. The highest BCUT2D eigenvalue weighted by atomic mass is 127. The van der Waals surface area contributed by atoms with Gasteiger partial charge in [-0.2, -0.15) is 0 Å². The van der Waals surface area contributed by atoms with Gasteiger partial charge in [-0.25, -0.2) is 4.39 Å². The van der Waals surface area contributed by atoms with Crippen LogP contribution in [0.5, 0.6) is 5.75 Å². The normalized spacial score (nSPS) is 15.1. The number of hydrogen-bond donors (Lipinski definition) is 0. The van der Waals surface area contributed by atoms with E-state index in [9.17, 15) is 9.18 Å². The first kappa shape index (κ1) is 23.1. The number of rotatable bonds is 5. The maximum absolute atomic E-state index is 13.1. The summed E-state index contributed by atoms with van der Waals surface area (Å²) in [5, 5.41) is 0.441. The molecular formula is C24H17FI2N2O2S. The fourth-order valence-corrected chi connectivity index (χ4v) is 5.67. The van der Waals surface area contributed by atoms with Crippen LogP contribution in [0.1, 0.15) is 11.1 Å². The van der Waals surface area contributed by atoms with Crippen molar-refractivity contribution in [3.05, 3.63) is 96.5 Å². The maximum Gasteiger partial charge on any atom is 0.281 e. The third kappa shape index (κ3) is 4.81. The lowest BCUT2D eigenvalue weighted by Gasteiger charge is -2.16. The number of ether oxygens (including phenoxy) is 1. The van der Waals surface area contributed by atoms with Crippen LogP contribution in [0.25, 0.3) is 6.08 Å². The lowest BCUT2D eigenvalue weighted by atomic mass is 10.1. The van der Waals surface area contributed by atoms with Crippen molar-refractivity contribution >= 4 is 80.2 Å². The van der Waals surface area contributed by atoms with Crippen LogP contribution in [0.2, 0.25) is 0 Å². The predicted molar refractivity (Wildman–Crippen MR) is 145 cm³/mol. The number of thiocarbonyl (C=S) groups is 1. The van der Waals surface area contributed by atoms with Gasteiger partial charge in [0.05, 0.1) is 12.8 Å². The molecule has 0 N–H and O–H groups in total. The Morgan fingerprint density at radius 3 is 2.28 bits per heavy atom. The second kappa shape index (κ2) is 9.84. The molecule has 1 aliphatic rings. The van der Waals surface area contributed by atoms with Gasteiger partial charge in [0, 0.05) is 7.05 Å². The van der Waals surface area contributed by atoms with E-state index >= 15 is 0 Å². The highest BCUT2D eigenvalue weighted by molar-refractivity contribution is 14.1. The lowest BCUT2D eigenvalue weighted by molar-refractivity contribution is -0.114. The first-order valence-corrected chi connectivity index (χ1v) is 12.2. The van der Waals surface area contributed by atoms with Gasteiger partial charge in [-0.15, -0.1) is 0 Å². The van der Waals surface area contributed by atoms with Crippen LogP contribution in [-0.4, -0.2) is 23.0 Å². The van der Waals surface area contributed by atoms with E-state index in [-0.39, 0.29) is 11.7 Å². The molecule has 3 aromatic rings. The topological polar surface area (TPSA) is 32.8 Å². The molecule has 4 rings (SSSR count). The second-order valence-corrected chi connectivity index (χ2v) is 9.77. The van der Waals surface area contributed by atoms with Gasteiger partial charge in [0.15, 0.2) is 5.11 Å². The molecule has 0 bridgehead atoms. The summed E-state index contributed by atoms with van der Waals surface area (Å²) in [6.07, 6.45) is 1.84. The summed E-state index contributed by atoms with van der Waals surface area (Å²) in [6, 6.07) is 19.6. The third-order valence-corrected chi connectivity index (χ3v) is 6.96. The Morgan fingerprint density at radius 2 is 1.66 bits per heavy atom. The molecule has 1 saturated heterocycles. The van der Waals surface area contributed by atoms with Crippen molar-refractivity contribution < 1.29 is 13.9 Å². The number of carbonyl (C=O) groups is 1. The SMILES string of the molecule is CN1C(=S)N(c2ccccc2)C(=O)/C1=C/c1cc(I)c(OCc2ccc(F)cc2)c(I)c1. The summed E-state index contributed by atoms with van der Waals surface area (Å²) in [5.41, 5.74) is 3.01. The fraction of sp³-hybridized carbons (Fsp3) is 0.0833. The summed E-state index contributed by atoms with van der Waals surface area (Å²) in [5.74, 6) is 0.322. The highest BCUT2D eigenvalue weighted by Crippen LogP contribution is 2.32. The quantitative estimate of drug-likeness (QED) is 0.184. The zero-order valence-electron chi connectivity index (χ0n) is 16.9. The summed E-state index contributed by atoms with van der Waals surface area (Å²) in [7, 11) is 1.80. The summed E-state index contributed by atoms with van der Waals surface area (Å²) < 4.78 is 20.9. The largest absolute Gasteiger partial charge is 0.487 e. The Kier molecular flexibility index (Phi) is 7.11. The molecular weight excluding hydrogens is 653 g/mol. The van der Waals surface area contributed by atoms with Crippen molar-refractivity contribution in [2.24, 2.45) is 0 Å². The number of para-hydroxylation sites is 1. The number of carbonyl (C=O) groups excluding carboxylic acids is 1. The van der Waals surface area contributed by atoms with E-state index in [0.717, 1.165) is 29.7 Å². The van der Waals surface area contributed by atoms with Gasteiger partial charge in [-0.1, -0.05) is 30.3 Å². The molecule has 1 heterocycles. The molecule has 0 unspecified atom stereocenters. The average Bonchev–Trinajstić information content (AvgIpc) is 2.98. The lowest BCUT2D eigenvalue weighted by Crippen LogP contribution is -2.30. The molecule has 3 aromatic carbocycles. The molecule has 32 heavy (non-hydrogen) atoms. The molecule has 1 amide bonds. The molecule has 0 aromatic heterocycles. The van der Waals surface area contributed by atoms with E-state index in [2.05, 4.69) is 45.2 Å². The Hall–Kier alpha value is -2.05. The van der Waals surface area contributed by atoms with Gasteiger partial charge in [-0.05, 0) is 111 Å². The van der Waals surface area contributed by atoms with Gasteiger partial charge in [-0.3, -0.25) is 9.69 Å². The summed E-state index contributed by atoms with van der Waals surface area (Å²) in [4.78, 5) is 16.4. The number of hydrogen-bond acceptors (Lipinski definition) is 3. The summed E-state index contributed by atoms with van der Waals surface area (Å²) >= 11 is 9.96. The standard InChI is InChI=1S/C24H17FI2N2O2S/c1-28-21(23(30)29(24(28)32)18-5-3-2-4-6-18)13-16-11-19(26)22(20(27)12-16)31-14-15-7-9-17(25)10-8-15/h2-13H,14H2,1H3/b21-13-. The number of nitrogens with zero attached hydrogens (tertiary/aromatic N) is 2. The first-order valence-electron chi connectivity index (χ1n) is 9.60. The van der Waals surface area contributed by atoms with Gasteiger partial charge in [0.25, 0.3) is 5.91 Å². The van der Waals surface area contributed by atoms with Crippen LogP contribution < -0.4 is 9.64 Å². The van der Waals surface area contributed by atoms with E-state index in [4.69, 9.17) is 17.0 Å². The van der Waals surface area contributed by atoms with Crippen molar-refractivity contribution in [3.63, 3.8) is 0 Å². The van der Waals surface area contributed by atoms with E-state index in [0.29, 0.717) is 17.4 Å². The predicted octanol–water partition coefficient (Wildman–Crippen LogP) is 6.22. The molecule has 0 aliphatic carbocycles. The Labute approximate surface area is 218 Å². The van der Waals surface area contributed by atoms with E-state index in [1.807, 2.05) is 48.5 Å². The molecule has 1 aliphatic heterocycles. The molecule has 0 radical (unpaired) electrons. The third-order valence-electron chi connectivity index (χ3n) is 4.90. The average molecular weight is 670 g/mol. The molecule has 1 fully saturated rings. The van der Waals surface area contributed by atoms with Gasteiger partial charge >= 0.3 is 0 Å². The number of amides is 1. The van der Waals surface area contributed by atoms with Gasteiger partial charge in [0.2, 0.25) is 0 Å². The second-order valence-electron chi connectivity index (χ2n) is 7.08. The van der Waals surface area contributed by atoms with Crippen LogP contribution in [0, 0.1) is 13.0 Å². The number of likely N-dealkylation sites (N-methyl/N-ethyl adjacent to an activating group) is 1. The molecule has 0 spiro atoms. The van der Waals surface area contributed by atoms with Crippen molar-refractivity contribution in [1.29, 1.82) is 0 Å². The highest BCUT2D eigenvalue weighted by Gasteiger charge is 2.36. The Balaban J connectivity index is 1.58. The minimum absolute atomic E-state index is 0.162. The van der Waals surface area contributed by atoms with Crippen LogP contribution >= 0.6 is 57.4 Å². The van der Waals surface area contributed by atoms with Crippen LogP contribution in [0.3, 0.4) is 0 Å². The van der Waals surface area contributed by atoms with Crippen LogP contribution in [0.15, 0.2) is 72.4 Å². The number of halogens is 3. The Morgan fingerprint density at radius 1 is 1.03 bits per heavy atom. The van der Waals surface area contributed by atoms with E-state index in [1.165, 1.54) is 17.0 Å². The molecule has 4 nitrogen and oxygen atoms in total. The zero-order valence-corrected chi connectivity index (χ0v) is 22.0. The van der Waals surface area contributed by atoms with Gasteiger partial charge < -0.3 is 9.64 Å². The van der Waals surface area contributed by atoms with Crippen molar-refractivity contribution in [1.82, 2.24) is 4.90 Å². The number of anilines is 1. The van der Waals surface area contributed by atoms with Crippen molar-refractivity contribution in [2.75, 3.05) is 11.9 Å². The van der Waals surface area contributed by atoms with E-state index < -0.39 is 0 Å². The van der Waals surface area contributed by atoms with Gasteiger partial charge in [0.1, 0.15) is 23.9 Å². The molecule has 0 atom stereocenters.